The Kier molecular flexibility index (Phi) is 11.4. The predicted octanol–water partition coefficient (Wildman–Crippen LogP) is 3.06. The van der Waals surface area contributed by atoms with Crippen LogP contribution in [0.15, 0.2) is 90.6 Å². The Balaban J connectivity index is 1.55. The second kappa shape index (κ2) is 15.6. The third kappa shape index (κ3) is 8.78. The number of likely N-dealkylation sites (N-methyl/N-ethyl adjacent to an activating group) is 2. The number of esters is 1. The van der Waals surface area contributed by atoms with Gasteiger partial charge in [-0.05, 0) is 36.1 Å². The summed E-state index contributed by atoms with van der Waals surface area (Å²) >= 11 is 0. The highest BCUT2D eigenvalue weighted by atomic mass is 16.5. The van der Waals surface area contributed by atoms with Gasteiger partial charge in [-0.1, -0.05) is 86.6 Å². The zero-order valence-electron chi connectivity index (χ0n) is 26.8. The molecular weight excluding hydrogens is 602 g/mol. The van der Waals surface area contributed by atoms with Crippen LogP contribution < -0.4 is 10.6 Å². The first-order chi connectivity index (χ1) is 22.5. The Hall–Kier alpha value is -5.58. The molecule has 1 aliphatic heterocycles. The van der Waals surface area contributed by atoms with E-state index in [9.17, 15) is 28.8 Å². The molecule has 0 unspecified atom stereocenters. The first-order valence-corrected chi connectivity index (χ1v) is 15.2. The average Bonchev–Trinajstić information content (AvgIpc) is 3.08. The van der Waals surface area contributed by atoms with Crippen LogP contribution in [0.4, 0.5) is 0 Å². The third-order valence-corrected chi connectivity index (χ3v) is 7.70. The van der Waals surface area contributed by atoms with Crippen molar-refractivity contribution in [1.29, 1.82) is 0 Å². The molecule has 1 aliphatic rings. The Morgan fingerprint density at radius 3 is 2.13 bits per heavy atom. The van der Waals surface area contributed by atoms with Crippen LogP contribution in [0.1, 0.15) is 52.1 Å². The SMILES string of the molecule is CC(C)C[C@@H]1NC(=O)[C@H](COC(=O)c2ccc([14C](=O)c3ccccc3)cc2)N(C)C(=O)CNC(=O)/C(=C/c2ccccc2)N(C)C1=O. The van der Waals surface area contributed by atoms with Crippen LogP contribution >= 0.6 is 0 Å². The molecule has 0 bridgehead atoms. The topological polar surface area (TPSA) is 142 Å². The van der Waals surface area contributed by atoms with Crippen molar-refractivity contribution < 1.29 is 33.5 Å². The maximum Gasteiger partial charge on any atom is 0.338 e. The molecule has 47 heavy (non-hydrogen) atoms. The summed E-state index contributed by atoms with van der Waals surface area (Å²) in [6.45, 7) is 2.77. The van der Waals surface area contributed by atoms with Crippen molar-refractivity contribution in [3.8, 4) is 0 Å². The Labute approximate surface area is 273 Å². The van der Waals surface area contributed by atoms with E-state index in [2.05, 4.69) is 10.6 Å². The highest BCUT2D eigenvalue weighted by molar-refractivity contribution is 6.09. The number of carbonyl (C=O) groups is 6. The minimum absolute atomic E-state index is 0.00204. The maximum absolute atomic E-state index is 13.8. The smallest absolute Gasteiger partial charge is 0.338 e. The summed E-state index contributed by atoms with van der Waals surface area (Å²) in [4.78, 5) is 81.9. The van der Waals surface area contributed by atoms with E-state index < -0.39 is 54.8 Å². The van der Waals surface area contributed by atoms with Gasteiger partial charge >= 0.3 is 5.97 Å². The first-order valence-electron chi connectivity index (χ1n) is 15.2. The van der Waals surface area contributed by atoms with Gasteiger partial charge < -0.3 is 25.2 Å². The van der Waals surface area contributed by atoms with Crippen LogP contribution in [0.3, 0.4) is 0 Å². The fraction of sp³-hybridized carbons (Fsp3) is 0.278. The fourth-order valence-electron chi connectivity index (χ4n) is 5.00. The van der Waals surface area contributed by atoms with Crippen molar-refractivity contribution in [1.82, 2.24) is 20.4 Å². The van der Waals surface area contributed by atoms with Gasteiger partial charge in [-0.25, -0.2) is 4.79 Å². The van der Waals surface area contributed by atoms with Crippen molar-refractivity contribution in [2.24, 2.45) is 5.92 Å². The summed E-state index contributed by atoms with van der Waals surface area (Å²) in [6.07, 6.45) is 1.78. The lowest BCUT2D eigenvalue weighted by Gasteiger charge is -2.32. The van der Waals surface area contributed by atoms with Crippen molar-refractivity contribution >= 4 is 41.5 Å². The normalized spacial score (nSPS) is 18.7. The Bertz CT molecular complexity index is 1650. The van der Waals surface area contributed by atoms with E-state index in [1.807, 2.05) is 19.9 Å². The standard InChI is InChI=1S/C36H38N4O7/c1-23(2)19-28-35(45)40(4)29(20-24-11-7-5-8-12-24)33(43)37-21-31(41)39(3)30(34(44)38-28)22-47-36(46)27-17-15-26(16-18-27)32(42)25-13-9-6-10-14-25/h5-18,20,23,28,30H,19,21-22H2,1-4H3,(H,37,43)(H,38,44)/b29-20-/t28-,30-/m0/s1/i32+2. The number of carbonyl (C=O) groups excluding carboxylic acids is 6. The number of rotatable bonds is 8. The summed E-state index contributed by atoms with van der Waals surface area (Å²) < 4.78 is 5.46. The van der Waals surface area contributed by atoms with Gasteiger partial charge in [0.1, 0.15) is 24.4 Å². The van der Waals surface area contributed by atoms with Crippen LogP contribution in [-0.2, 0) is 23.9 Å². The third-order valence-electron chi connectivity index (χ3n) is 7.70. The van der Waals surface area contributed by atoms with E-state index in [1.165, 1.54) is 49.3 Å². The zero-order chi connectivity index (χ0) is 34.1. The number of nitrogens with zero attached hydrogens (tertiary/aromatic N) is 2. The molecule has 0 saturated carbocycles. The van der Waals surface area contributed by atoms with Crippen molar-refractivity contribution in [3.63, 3.8) is 0 Å². The lowest BCUT2D eigenvalue weighted by Crippen LogP contribution is -2.58. The number of amides is 4. The molecule has 11 nitrogen and oxygen atoms in total. The first kappa shape index (κ1) is 34.3. The van der Waals surface area contributed by atoms with Crippen molar-refractivity contribution in [2.75, 3.05) is 27.2 Å². The number of hydrogen-bond acceptors (Lipinski definition) is 7. The number of hydrogen-bond donors (Lipinski definition) is 2. The van der Waals surface area contributed by atoms with Gasteiger partial charge in [-0.3, -0.25) is 24.0 Å². The molecule has 244 valence electrons. The van der Waals surface area contributed by atoms with Gasteiger partial charge in [-0.15, -0.1) is 0 Å². The molecule has 0 aliphatic carbocycles. The summed E-state index contributed by atoms with van der Waals surface area (Å²) in [7, 11) is 2.79. The summed E-state index contributed by atoms with van der Waals surface area (Å²) in [5.41, 5.74) is 1.69. The zero-order valence-corrected chi connectivity index (χ0v) is 26.8. The van der Waals surface area contributed by atoms with Gasteiger partial charge in [0, 0.05) is 25.2 Å². The van der Waals surface area contributed by atoms with Crippen molar-refractivity contribution in [2.45, 2.75) is 32.4 Å². The van der Waals surface area contributed by atoms with Gasteiger partial charge in [0.05, 0.1) is 12.1 Å². The minimum atomic E-state index is -1.31. The van der Waals surface area contributed by atoms with E-state index in [1.54, 1.807) is 54.6 Å². The van der Waals surface area contributed by atoms with Crippen LogP contribution in [0.2, 0.25) is 0 Å². The second-order valence-electron chi connectivity index (χ2n) is 11.6. The van der Waals surface area contributed by atoms with E-state index >= 15 is 0 Å². The van der Waals surface area contributed by atoms with Gasteiger partial charge in [-0.2, -0.15) is 0 Å². The monoisotopic (exact) mass is 640 g/mol. The molecule has 3 aromatic rings. The van der Waals surface area contributed by atoms with Crippen LogP contribution in [0.25, 0.3) is 6.08 Å². The van der Waals surface area contributed by atoms with Crippen LogP contribution in [0, 0.1) is 5.92 Å². The van der Waals surface area contributed by atoms with Crippen molar-refractivity contribution in [3.05, 3.63) is 113 Å². The fourth-order valence-corrected chi connectivity index (χ4v) is 5.00. The number of nitrogens with one attached hydrogen (secondary N) is 2. The van der Waals surface area contributed by atoms with E-state index in [4.69, 9.17) is 4.74 Å². The van der Waals surface area contributed by atoms with Gasteiger partial charge in [0.2, 0.25) is 17.7 Å². The molecule has 1 saturated heterocycles. The van der Waals surface area contributed by atoms with E-state index in [0.29, 0.717) is 16.7 Å². The van der Waals surface area contributed by atoms with Gasteiger partial charge in [0.25, 0.3) is 5.91 Å². The Morgan fingerprint density at radius 1 is 0.915 bits per heavy atom. The van der Waals surface area contributed by atoms with Gasteiger partial charge in [0.15, 0.2) is 5.78 Å². The second-order valence-corrected chi connectivity index (χ2v) is 11.6. The molecule has 4 amide bonds. The van der Waals surface area contributed by atoms with E-state index in [0.717, 1.165) is 4.90 Å². The minimum Gasteiger partial charge on any atom is -0.459 e. The summed E-state index contributed by atoms with van der Waals surface area (Å²) in [5.74, 6) is -3.51. The molecule has 0 spiro atoms. The lowest BCUT2D eigenvalue weighted by atomic mass is 10.0. The molecule has 0 radical (unpaired) electrons. The number of ether oxygens (including phenoxy) is 1. The quantitative estimate of drug-likeness (QED) is 0.219. The molecule has 3 aromatic carbocycles. The average molecular weight is 641 g/mol. The molecular formula is C36H38N4O7. The number of ketones is 1. The molecule has 4 rings (SSSR count). The van der Waals surface area contributed by atoms with E-state index in [-0.39, 0.29) is 29.4 Å². The van der Waals surface area contributed by atoms with Crippen LogP contribution in [-0.4, -0.2) is 84.5 Å². The molecule has 2 N–H and O–H groups in total. The number of benzene rings is 3. The van der Waals surface area contributed by atoms with Crippen LogP contribution in [0.5, 0.6) is 0 Å². The molecule has 2 atom stereocenters. The summed E-state index contributed by atoms with van der Waals surface area (Å²) in [6, 6.07) is 21.2. The molecule has 1 heterocycles. The Morgan fingerprint density at radius 2 is 1.51 bits per heavy atom. The predicted molar refractivity (Wildman–Crippen MR) is 175 cm³/mol. The maximum atomic E-state index is 13.8. The molecule has 1 fully saturated rings. The lowest BCUT2D eigenvalue weighted by molar-refractivity contribution is -0.143. The largest absolute Gasteiger partial charge is 0.459 e. The summed E-state index contributed by atoms with van der Waals surface area (Å²) in [5, 5.41) is 5.28. The molecule has 0 aromatic heterocycles. The molecule has 11 heteroatoms. The highest BCUT2D eigenvalue weighted by Crippen LogP contribution is 2.17. The highest BCUT2D eigenvalue weighted by Gasteiger charge is 2.35.